The molecule has 0 atom stereocenters. The van der Waals surface area contributed by atoms with Crippen LogP contribution in [-0.2, 0) is 0 Å². The van der Waals surface area contributed by atoms with E-state index >= 15 is 0 Å². The summed E-state index contributed by atoms with van der Waals surface area (Å²) in [6.45, 7) is 2.67. The van der Waals surface area contributed by atoms with Gasteiger partial charge in [0.1, 0.15) is 5.75 Å². The van der Waals surface area contributed by atoms with Crippen molar-refractivity contribution >= 4 is 56.2 Å². The summed E-state index contributed by atoms with van der Waals surface area (Å²) >= 11 is 15.7. The number of para-hydroxylation sites is 1. The van der Waals surface area contributed by atoms with Crippen LogP contribution in [0.3, 0.4) is 0 Å². The van der Waals surface area contributed by atoms with Gasteiger partial charge in [0, 0.05) is 4.47 Å². The van der Waals surface area contributed by atoms with Crippen molar-refractivity contribution in [3.8, 4) is 5.75 Å². The van der Waals surface area contributed by atoms with Crippen LogP contribution in [0, 0.1) is 0 Å². The second kappa shape index (κ2) is 7.25. The van der Waals surface area contributed by atoms with Crippen LogP contribution >= 0.6 is 39.1 Å². The topological polar surface area (TPSA) is 47.3 Å². The van der Waals surface area contributed by atoms with Gasteiger partial charge in [-0.3, -0.25) is 0 Å². The van der Waals surface area contributed by atoms with Crippen molar-refractivity contribution in [3.63, 3.8) is 0 Å². The molecule has 3 nitrogen and oxygen atoms in total. The molecule has 2 aromatic rings. The third kappa shape index (κ3) is 3.76. The van der Waals surface area contributed by atoms with Crippen LogP contribution in [0.4, 0.5) is 17.1 Å². The van der Waals surface area contributed by atoms with E-state index in [1.54, 1.807) is 0 Å². The largest absolute Gasteiger partial charge is 0.491 e. The van der Waals surface area contributed by atoms with Crippen molar-refractivity contribution < 1.29 is 4.74 Å². The number of halogens is 3. The van der Waals surface area contributed by atoms with E-state index in [1.807, 2.05) is 37.3 Å². The normalized spacial score (nSPS) is 10.5. The Hall–Kier alpha value is -1.10. The van der Waals surface area contributed by atoms with Crippen LogP contribution in [0.2, 0.25) is 10.0 Å². The van der Waals surface area contributed by atoms with Crippen molar-refractivity contribution in [1.82, 2.24) is 0 Å². The molecule has 0 fully saturated rings. The van der Waals surface area contributed by atoms with Crippen molar-refractivity contribution in [3.05, 3.63) is 44.8 Å². The number of nitrogen functional groups attached to an aromatic ring is 1. The fraction of sp³-hybridized carbons (Fsp3) is 0.200. The van der Waals surface area contributed by atoms with Gasteiger partial charge in [0.25, 0.3) is 0 Å². The molecule has 0 aliphatic heterocycles. The van der Waals surface area contributed by atoms with Crippen LogP contribution in [0.1, 0.15) is 13.3 Å². The van der Waals surface area contributed by atoms with E-state index in [2.05, 4.69) is 21.2 Å². The Kier molecular flexibility index (Phi) is 5.62. The lowest BCUT2D eigenvalue weighted by Crippen LogP contribution is -2.02. The smallest absolute Gasteiger partial charge is 0.144 e. The highest BCUT2D eigenvalue weighted by atomic mass is 79.9. The first-order valence-electron chi connectivity index (χ1n) is 6.46. The van der Waals surface area contributed by atoms with Gasteiger partial charge < -0.3 is 15.8 Å². The van der Waals surface area contributed by atoms with Crippen LogP contribution in [0.15, 0.2) is 34.8 Å². The number of nitrogens with one attached hydrogen (secondary N) is 1. The van der Waals surface area contributed by atoms with Crippen molar-refractivity contribution in [2.24, 2.45) is 0 Å². The summed E-state index contributed by atoms with van der Waals surface area (Å²) in [7, 11) is 0. The molecule has 21 heavy (non-hydrogen) atoms. The Labute approximate surface area is 142 Å². The van der Waals surface area contributed by atoms with E-state index in [9.17, 15) is 0 Å². The summed E-state index contributed by atoms with van der Waals surface area (Å²) in [6.07, 6.45) is 0.922. The monoisotopic (exact) mass is 388 g/mol. The molecule has 2 rings (SSSR count). The van der Waals surface area contributed by atoms with E-state index in [4.69, 9.17) is 33.7 Å². The van der Waals surface area contributed by atoms with Crippen molar-refractivity contribution in [1.29, 1.82) is 0 Å². The second-order valence-electron chi connectivity index (χ2n) is 4.41. The highest BCUT2D eigenvalue weighted by Crippen LogP contribution is 2.39. The van der Waals surface area contributed by atoms with Gasteiger partial charge in [-0.25, -0.2) is 0 Å². The maximum atomic E-state index is 6.23. The van der Waals surface area contributed by atoms with Crippen molar-refractivity contribution in [2.45, 2.75) is 13.3 Å². The van der Waals surface area contributed by atoms with Gasteiger partial charge in [-0.15, -0.1) is 0 Å². The zero-order chi connectivity index (χ0) is 15.4. The van der Waals surface area contributed by atoms with E-state index < -0.39 is 0 Å². The van der Waals surface area contributed by atoms with Gasteiger partial charge in [-0.2, -0.15) is 0 Å². The summed E-state index contributed by atoms with van der Waals surface area (Å²) in [5, 5.41) is 4.08. The molecule has 0 aliphatic rings. The minimum atomic E-state index is 0.435. The van der Waals surface area contributed by atoms with Gasteiger partial charge in [0.15, 0.2) is 0 Å². The lowest BCUT2D eigenvalue weighted by Gasteiger charge is -2.15. The minimum Gasteiger partial charge on any atom is -0.491 e. The number of anilines is 3. The molecular weight excluding hydrogens is 375 g/mol. The molecule has 0 radical (unpaired) electrons. The van der Waals surface area contributed by atoms with Crippen LogP contribution in [-0.4, -0.2) is 6.61 Å². The number of ether oxygens (including phenoxy) is 1. The maximum Gasteiger partial charge on any atom is 0.144 e. The first-order chi connectivity index (χ1) is 10.0. The summed E-state index contributed by atoms with van der Waals surface area (Å²) < 4.78 is 6.35. The number of hydrogen-bond donors (Lipinski definition) is 2. The molecule has 0 unspecified atom stereocenters. The Morgan fingerprint density at radius 2 is 1.90 bits per heavy atom. The molecule has 0 aromatic heterocycles. The zero-order valence-electron chi connectivity index (χ0n) is 11.4. The highest BCUT2D eigenvalue weighted by Gasteiger charge is 2.11. The minimum absolute atomic E-state index is 0.435. The molecule has 0 saturated carbocycles. The predicted octanol–water partition coefficient (Wildman–Crippen LogP) is 5.87. The molecule has 0 saturated heterocycles. The summed E-state index contributed by atoms with van der Waals surface area (Å²) in [5.41, 5.74) is 8.07. The zero-order valence-corrected chi connectivity index (χ0v) is 14.5. The first-order valence-corrected chi connectivity index (χ1v) is 8.01. The maximum absolute atomic E-state index is 6.23. The molecule has 3 N–H and O–H groups in total. The average molecular weight is 390 g/mol. The highest BCUT2D eigenvalue weighted by molar-refractivity contribution is 9.10. The van der Waals surface area contributed by atoms with Crippen LogP contribution in [0.5, 0.6) is 5.75 Å². The quantitative estimate of drug-likeness (QED) is 0.496. The molecule has 2 aromatic carbocycles. The third-order valence-corrected chi connectivity index (χ3v) is 4.60. The third-order valence-electron chi connectivity index (χ3n) is 2.83. The second-order valence-corrected chi connectivity index (χ2v) is 6.02. The number of nitrogens with two attached hydrogens (primary N) is 1. The molecule has 112 valence electrons. The Morgan fingerprint density at radius 3 is 2.62 bits per heavy atom. The molecular formula is C15H15BrCl2N2O. The van der Waals surface area contributed by atoms with E-state index in [-0.39, 0.29) is 0 Å². The molecule has 0 amide bonds. The Balaban J connectivity index is 2.30. The van der Waals surface area contributed by atoms with Gasteiger partial charge in [-0.05, 0) is 46.6 Å². The van der Waals surface area contributed by atoms with Gasteiger partial charge >= 0.3 is 0 Å². The summed E-state index contributed by atoms with van der Waals surface area (Å²) in [4.78, 5) is 0. The Bertz CT molecular complexity index is 650. The van der Waals surface area contributed by atoms with E-state index in [1.165, 1.54) is 0 Å². The summed E-state index contributed by atoms with van der Waals surface area (Å²) in [5.74, 6) is 0.654. The number of rotatable bonds is 5. The fourth-order valence-electron chi connectivity index (χ4n) is 1.76. The first kappa shape index (κ1) is 16.3. The van der Waals surface area contributed by atoms with Gasteiger partial charge in [0.05, 0.1) is 33.7 Å². The number of hydrogen-bond acceptors (Lipinski definition) is 3. The van der Waals surface area contributed by atoms with Crippen LogP contribution in [0.25, 0.3) is 0 Å². The fourth-order valence-corrected chi connectivity index (χ4v) is 2.58. The van der Waals surface area contributed by atoms with Crippen molar-refractivity contribution in [2.75, 3.05) is 17.7 Å². The number of benzene rings is 2. The lowest BCUT2D eigenvalue weighted by molar-refractivity contribution is 0.319. The summed E-state index contributed by atoms with van der Waals surface area (Å²) in [6, 6.07) is 9.23. The molecule has 0 heterocycles. The molecule has 6 heteroatoms. The molecule has 0 spiro atoms. The van der Waals surface area contributed by atoms with E-state index in [0.717, 1.165) is 16.6 Å². The molecule has 0 bridgehead atoms. The molecule has 0 aliphatic carbocycles. The standard InChI is InChI=1S/C15H15BrCl2N2O/c1-2-8-21-12-5-3-4-11(15(12)19)20-10-7-6-9(16)13(17)14(10)18/h3-7,20H,2,8,19H2,1H3. The average Bonchev–Trinajstić information content (AvgIpc) is 2.48. The Morgan fingerprint density at radius 1 is 1.14 bits per heavy atom. The SMILES string of the molecule is CCCOc1cccc(Nc2ccc(Br)c(Cl)c2Cl)c1N. The van der Waals surface area contributed by atoms with Gasteiger partial charge in [-0.1, -0.05) is 36.2 Å². The van der Waals surface area contributed by atoms with Gasteiger partial charge in [0.2, 0.25) is 0 Å². The van der Waals surface area contributed by atoms with E-state index in [0.29, 0.717) is 33.8 Å². The predicted molar refractivity (Wildman–Crippen MR) is 94.1 cm³/mol. The lowest BCUT2D eigenvalue weighted by atomic mass is 10.2. The van der Waals surface area contributed by atoms with Crippen LogP contribution < -0.4 is 15.8 Å².